The predicted octanol–water partition coefficient (Wildman–Crippen LogP) is 2.67. The first-order valence-electron chi connectivity index (χ1n) is 7.03. The summed E-state index contributed by atoms with van der Waals surface area (Å²) >= 11 is 0. The summed E-state index contributed by atoms with van der Waals surface area (Å²) in [6, 6.07) is 5.99. The van der Waals surface area contributed by atoms with Gasteiger partial charge in [0.25, 0.3) is 0 Å². The fourth-order valence-corrected chi connectivity index (χ4v) is 2.52. The highest BCUT2D eigenvalue weighted by molar-refractivity contribution is 5.74. The summed E-state index contributed by atoms with van der Waals surface area (Å²) < 4.78 is 11.4. The Balaban J connectivity index is 2.19. The van der Waals surface area contributed by atoms with Gasteiger partial charge in [0.15, 0.2) is 0 Å². The van der Waals surface area contributed by atoms with Gasteiger partial charge < -0.3 is 20.1 Å². The first-order chi connectivity index (χ1) is 9.11. The maximum atomic E-state index is 6.24. The lowest BCUT2D eigenvalue weighted by molar-refractivity contribution is -0.00518. The van der Waals surface area contributed by atoms with E-state index in [1.54, 1.807) is 0 Å². The Morgan fingerprint density at radius 1 is 1.32 bits per heavy atom. The summed E-state index contributed by atoms with van der Waals surface area (Å²) in [6.45, 7) is 8.71. The number of nitrogens with zero attached hydrogens (tertiary/aromatic N) is 1. The zero-order valence-electron chi connectivity index (χ0n) is 12.1. The van der Waals surface area contributed by atoms with Crippen LogP contribution in [0.5, 0.6) is 5.75 Å². The van der Waals surface area contributed by atoms with E-state index in [0.717, 1.165) is 36.6 Å². The molecule has 1 aromatic carbocycles. The van der Waals surface area contributed by atoms with Crippen molar-refractivity contribution in [1.29, 1.82) is 0 Å². The molecule has 1 aliphatic heterocycles. The largest absolute Gasteiger partial charge is 0.491 e. The Morgan fingerprint density at radius 2 is 2.00 bits per heavy atom. The molecule has 2 atom stereocenters. The average Bonchev–Trinajstić information content (AvgIpc) is 2.36. The molecule has 4 nitrogen and oxygen atoms in total. The van der Waals surface area contributed by atoms with Crippen LogP contribution in [0, 0.1) is 0 Å². The second-order valence-corrected chi connectivity index (χ2v) is 5.20. The highest BCUT2D eigenvalue weighted by atomic mass is 16.5. The van der Waals surface area contributed by atoms with Crippen molar-refractivity contribution in [3.8, 4) is 5.75 Å². The second-order valence-electron chi connectivity index (χ2n) is 5.20. The van der Waals surface area contributed by atoms with Gasteiger partial charge in [-0.05, 0) is 32.4 Å². The van der Waals surface area contributed by atoms with E-state index in [2.05, 4.69) is 31.7 Å². The molecular weight excluding hydrogens is 240 g/mol. The predicted molar refractivity (Wildman–Crippen MR) is 78.9 cm³/mol. The topological polar surface area (TPSA) is 47.7 Å². The fourth-order valence-electron chi connectivity index (χ4n) is 2.52. The van der Waals surface area contributed by atoms with E-state index in [1.807, 2.05) is 12.1 Å². The molecule has 4 heteroatoms. The number of rotatable bonds is 4. The van der Waals surface area contributed by atoms with E-state index in [-0.39, 0.29) is 12.2 Å². The van der Waals surface area contributed by atoms with Crippen molar-refractivity contribution in [2.24, 2.45) is 0 Å². The molecule has 19 heavy (non-hydrogen) atoms. The molecule has 2 rings (SSSR count). The van der Waals surface area contributed by atoms with Crippen molar-refractivity contribution in [3.05, 3.63) is 18.2 Å². The van der Waals surface area contributed by atoms with E-state index < -0.39 is 0 Å². The molecule has 1 fully saturated rings. The number of para-hydroxylation sites is 1. The lowest BCUT2D eigenvalue weighted by Gasteiger charge is -2.37. The zero-order chi connectivity index (χ0) is 13.8. The van der Waals surface area contributed by atoms with Crippen molar-refractivity contribution in [2.75, 3.05) is 30.3 Å². The average molecular weight is 264 g/mol. The Morgan fingerprint density at radius 3 is 2.63 bits per heavy atom. The Bertz CT molecular complexity index is 413. The van der Waals surface area contributed by atoms with Crippen LogP contribution in [0.25, 0.3) is 0 Å². The maximum absolute atomic E-state index is 6.24. The molecule has 106 valence electrons. The zero-order valence-corrected chi connectivity index (χ0v) is 12.1. The number of hydrogen-bond acceptors (Lipinski definition) is 4. The molecular formula is C15H24N2O2. The van der Waals surface area contributed by atoms with Gasteiger partial charge in [0, 0.05) is 13.1 Å². The third kappa shape index (κ3) is 3.32. The lowest BCUT2D eigenvalue weighted by Crippen LogP contribution is -2.45. The number of nitrogen functional groups attached to an aromatic ring is 1. The van der Waals surface area contributed by atoms with Gasteiger partial charge in [0.05, 0.1) is 30.2 Å². The quantitative estimate of drug-likeness (QED) is 0.849. The minimum absolute atomic E-state index is 0.225. The molecule has 0 aromatic heterocycles. The molecule has 0 spiro atoms. The highest BCUT2D eigenvalue weighted by Crippen LogP contribution is 2.33. The van der Waals surface area contributed by atoms with Gasteiger partial charge >= 0.3 is 0 Å². The number of hydrogen-bond donors (Lipinski definition) is 1. The third-order valence-electron chi connectivity index (χ3n) is 3.27. The molecule has 1 heterocycles. The first-order valence-corrected chi connectivity index (χ1v) is 7.03. The van der Waals surface area contributed by atoms with Crippen LogP contribution < -0.4 is 15.4 Å². The number of morpholine rings is 1. The Kier molecular flexibility index (Phi) is 4.53. The van der Waals surface area contributed by atoms with E-state index >= 15 is 0 Å². The summed E-state index contributed by atoms with van der Waals surface area (Å²) in [5.41, 5.74) is 8.02. The summed E-state index contributed by atoms with van der Waals surface area (Å²) in [5.74, 6) is 0.783. The van der Waals surface area contributed by atoms with Crippen LogP contribution >= 0.6 is 0 Å². The number of anilines is 2. The SMILES string of the molecule is CCCOc1cccc(N2C[C@@H](C)O[C@@H](C)C2)c1N. The van der Waals surface area contributed by atoms with Gasteiger partial charge in [0.2, 0.25) is 0 Å². The Hall–Kier alpha value is -1.42. The van der Waals surface area contributed by atoms with Gasteiger partial charge in [0.1, 0.15) is 5.75 Å². The second kappa shape index (κ2) is 6.15. The molecule has 0 amide bonds. The van der Waals surface area contributed by atoms with Crippen LogP contribution in [0.1, 0.15) is 27.2 Å². The van der Waals surface area contributed by atoms with Gasteiger partial charge in [-0.2, -0.15) is 0 Å². The van der Waals surface area contributed by atoms with Crippen molar-refractivity contribution < 1.29 is 9.47 Å². The van der Waals surface area contributed by atoms with Crippen molar-refractivity contribution in [2.45, 2.75) is 39.4 Å². The first kappa shape index (κ1) is 14.0. The highest BCUT2D eigenvalue weighted by Gasteiger charge is 2.24. The molecule has 1 aliphatic rings. The normalized spacial score (nSPS) is 23.4. The molecule has 0 aliphatic carbocycles. The smallest absolute Gasteiger partial charge is 0.144 e. The lowest BCUT2D eigenvalue weighted by atomic mass is 10.1. The van der Waals surface area contributed by atoms with Crippen molar-refractivity contribution in [3.63, 3.8) is 0 Å². The molecule has 1 aromatic rings. The molecule has 0 radical (unpaired) electrons. The van der Waals surface area contributed by atoms with Crippen LogP contribution in [0.3, 0.4) is 0 Å². The van der Waals surface area contributed by atoms with Gasteiger partial charge in [-0.15, -0.1) is 0 Å². The van der Waals surface area contributed by atoms with Crippen LogP contribution in [0.15, 0.2) is 18.2 Å². The van der Waals surface area contributed by atoms with Crippen LogP contribution in [-0.2, 0) is 4.74 Å². The van der Waals surface area contributed by atoms with Gasteiger partial charge in [-0.3, -0.25) is 0 Å². The van der Waals surface area contributed by atoms with Gasteiger partial charge in [-0.1, -0.05) is 13.0 Å². The Labute approximate surface area is 115 Å². The van der Waals surface area contributed by atoms with Crippen molar-refractivity contribution >= 4 is 11.4 Å². The minimum Gasteiger partial charge on any atom is -0.491 e. The number of nitrogens with two attached hydrogens (primary N) is 1. The fraction of sp³-hybridized carbons (Fsp3) is 0.600. The summed E-state index contributed by atoms with van der Waals surface area (Å²) in [6.07, 6.45) is 1.43. The van der Waals surface area contributed by atoms with Crippen LogP contribution in [-0.4, -0.2) is 31.9 Å². The monoisotopic (exact) mass is 264 g/mol. The number of ether oxygens (including phenoxy) is 2. The molecule has 0 unspecified atom stereocenters. The number of benzene rings is 1. The van der Waals surface area contributed by atoms with E-state index in [1.165, 1.54) is 0 Å². The maximum Gasteiger partial charge on any atom is 0.144 e. The molecule has 0 saturated carbocycles. The third-order valence-corrected chi connectivity index (χ3v) is 3.27. The summed E-state index contributed by atoms with van der Waals surface area (Å²) in [7, 11) is 0. The van der Waals surface area contributed by atoms with Gasteiger partial charge in [-0.25, -0.2) is 0 Å². The standard InChI is InChI=1S/C15H24N2O2/c1-4-8-18-14-7-5-6-13(15(14)16)17-9-11(2)19-12(3)10-17/h5-7,11-12H,4,8-10,16H2,1-3H3/t11-,12+. The summed E-state index contributed by atoms with van der Waals surface area (Å²) in [5, 5.41) is 0. The van der Waals surface area contributed by atoms with E-state index in [9.17, 15) is 0 Å². The molecule has 0 bridgehead atoms. The van der Waals surface area contributed by atoms with E-state index in [0.29, 0.717) is 6.61 Å². The van der Waals surface area contributed by atoms with Crippen LogP contribution in [0.4, 0.5) is 11.4 Å². The molecule has 1 saturated heterocycles. The van der Waals surface area contributed by atoms with Crippen LogP contribution in [0.2, 0.25) is 0 Å². The molecule has 2 N–H and O–H groups in total. The van der Waals surface area contributed by atoms with Crippen molar-refractivity contribution in [1.82, 2.24) is 0 Å². The van der Waals surface area contributed by atoms with E-state index in [4.69, 9.17) is 15.2 Å². The summed E-state index contributed by atoms with van der Waals surface area (Å²) in [4.78, 5) is 2.28. The minimum atomic E-state index is 0.225.